The van der Waals surface area contributed by atoms with Crippen LogP contribution in [0, 0.1) is 6.92 Å². The second-order valence-electron chi connectivity index (χ2n) is 3.90. The summed E-state index contributed by atoms with van der Waals surface area (Å²) in [4.78, 5) is 14.6. The maximum Gasteiger partial charge on any atom is 0.264 e. The standard InChI is InChI=1S/C11H15NO3S/c1-8-4-10(16-7-8)11(14)12-2-3-15-6-9(12)5-13/h4,7,9,13H,2-3,5-6H2,1H3. The zero-order chi connectivity index (χ0) is 11.5. The van der Waals surface area contributed by atoms with Crippen molar-refractivity contribution in [2.24, 2.45) is 0 Å². The molecular formula is C11H15NO3S. The van der Waals surface area contributed by atoms with Gasteiger partial charge in [-0.3, -0.25) is 4.79 Å². The number of aryl methyl sites for hydroxylation is 1. The van der Waals surface area contributed by atoms with E-state index >= 15 is 0 Å². The molecule has 1 saturated heterocycles. The monoisotopic (exact) mass is 241 g/mol. The third kappa shape index (κ3) is 2.26. The van der Waals surface area contributed by atoms with Crippen LogP contribution in [0.5, 0.6) is 0 Å². The summed E-state index contributed by atoms with van der Waals surface area (Å²) in [6.45, 7) is 3.45. The Morgan fingerprint density at radius 3 is 3.19 bits per heavy atom. The summed E-state index contributed by atoms with van der Waals surface area (Å²) in [5, 5.41) is 11.2. The van der Waals surface area contributed by atoms with E-state index in [2.05, 4.69) is 0 Å². The third-order valence-corrected chi connectivity index (χ3v) is 3.68. The van der Waals surface area contributed by atoms with Crippen molar-refractivity contribution in [3.8, 4) is 0 Å². The fraction of sp³-hybridized carbons (Fsp3) is 0.545. The number of carbonyl (C=O) groups is 1. The molecule has 0 bridgehead atoms. The van der Waals surface area contributed by atoms with Crippen molar-refractivity contribution in [1.82, 2.24) is 4.90 Å². The molecule has 1 amide bonds. The number of morpholine rings is 1. The van der Waals surface area contributed by atoms with Gasteiger partial charge in [-0.1, -0.05) is 0 Å². The van der Waals surface area contributed by atoms with Crippen LogP contribution in [-0.2, 0) is 4.74 Å². The molecule has 1 aromatic rings. The van der Waals surface area contributed by atoms with Crippen molar-refractivity contribution in [3.05, 3.63) is 21.9 Å². The van der Waals surface area contributed by atoms with Crippen molar-refractivity contribution in [2.75, 3.05) is 26.4 Å². The fourth-order valence-corrected chi connectivity index (χ4v) is 2.61. The molecule has 1 aliphatic rings. The highest BCUT2D eigenvalue weighted by molar-refractivity contribution is 7.12. The molecular weight excluding hydrogens is 226 g/mol. The van der Waals surface area contributed by atoms with E-state index in [1.807, 2.05) is 18.4 Å². The van der Waals surface area contributed by atoms with Gasteiger partial charge in [-0.2, -0.15) is 0 Å². The van der Waals surface area contributed by atoms with Crippen molar-refractivity contribution in [3.63, 3.8) is 0 Å². The number of hydrogen-bond acceptors (Lipinski definition) is 4. The molecule has 16 heavy (non-hydrogen) atoms. The zero-order valence-corrected chi connectivity index (χ0v) is 10.00. The Morgan fingerprint density at radius 2 is 2.56 bits per heavy atom. The van der Waals surface area contributed by atoms with E-state index in [-0.39, 0.29) is 18.6 Å². The second-order valence-corrected chi connectivity index (χ2v) is 4.81. The first-order valence-corrected chi connectivity index (χ1v) is 6.15. The van der Waals surface area contributed by atoms with Crippen LogP contribution in [0.3, 0.4) is 0 Å². The average molecular weight is 241 g/mol. The maximum absolute atomic E-state index is 12.2. The molecule has 1 unspecified atom stereocenters. The Kier molecular flexibility index (Phi) is 3.58. The molecule has 0 aromatic carbocycles. The number of amides is 1. The molecule has 1 fully saturated rings. The Bertz CT molecular complexity index is 377. The highest BCUT2D eigenvalue weighted by atomic mass is 32.1. The SMILES string of the molecule is Cc1csc(C(=O)N2CCOCC2CO)c1. The van der Waals surface area contributed by atoms with Crippen LogP contribution in [0.4, 0.5) is 0 Å². The molecule has 0 saturated carbocycles. The normalized spacial score (nSPS) is 21.1. The van der Waals surface area contributed by atoms with Crippen molar-refractivity contribution >= 4 is 17.2 Å². The van der Waals surface area contributed by atoms with Crippen LogP contribution in [0.2, 0.25) is 0 Å². The van der Waals surface area contributed by atoms with Crippen LogP contribution in [0.15, 0.2) is 11.4 Å². The molecule has 0 spiro atoms. The van der Waals surface area contributed by atoms with Gasteiger partial charge in [0, 0.05) is 6.54 Å². The lowest BCUT2D eigenvalue weighted by Gasteiger charge is -2.34. The number of ether oxygens (including phenoxy) is 1. The van der Waals surface area contributed by atoms with Crippen molar-refractivity contribution in [2.45, 2.75) is 13.0 Å². The summed E-state index contributed by atoms with van der Waals surface area (Å²) < 4.78 is 5.24. The van der Waals surface area contributed by atoms with Crippen LogP contribution in [-0.4, -0.2) is 48.3 Å². The topological polar surface area (TPSA) is 49.8 Å². The third-order valence-electron chi connectivity index (χ3n) is 2.64. The molecule has 88 valence electrons. The Balaban J connectivity index is 2.13. The molecule has 0 aliphatic carbocycles. The Hall–Kier alpha value is -0.910. The van der Waals surface area contributed by atoms with Gasteiger partial charge in [0.1, 0.15) is 0 Å². The van der Waals surface area contributed by atoms with E-state index in [1.54, 1.807) is 4.90 Å². The average Bonchev–Trinajstić information content (AvgIpc) is 2.75. The summed E-state index contributed by atoms with van der Waals surface area (Å²) in [6.07, 6.45) is 0. The molecule has 4 nitrogen and oxygen atoms in total. The molecule has 5 heteroatoms. The van der Waals surface area contributed by atoms with E-state index in [1.165, 1.54) is 11.3 Å². The molecule has 2 rings (SSSR count). The number of carbonyl (C=O) groups excluding carboxylic acids is 1. The number of nitrogens with zero attached hydrogens (tertiary/aromatic N) is 1. The van der Waals surface area contributed by atoms with E-state index < -0.39 is 0 Å². The first kappa shape index (κ1) is 11.6. The smallest absolute Gasteiger partial charge is 0.264 e. The highest BCUT2D eigenvalue weighted by Gasteiger charge is 2.28. The van der Waals surface area contributed by atoms with E-state index in [9.17, 15) is 9.90 Å². The van der Waals surface area contributed by atoms with Gasteiger partial charge in [0.2, 0.25) is 0 Å². The molecule has 1 aliphatic heterocycles. The lowest BCUT2D eigenvalue weighted by molar-refractivity contribution is -0.0181. The lowest BCUT2D eigenvalue weighted by Crippen LogP contribution is -2.50. The van der Waals surface area contributed by atoms with Crippen LogP contribution in [0.25, 0.3) is 0 Å². The van der Waals surface area contributed by atoms with Crippen LogP contribution >= 0.6 is 11.3 Å². The molecule has 1 aromatic heterocycles. The van der Waals surface area contributed by atoms with Crippen LogP contribution in [0.1, 0.15) is 15.2 Å². The Morgan fingerprint density at radius 1 is 1.75 bits per heavy atom. The highest BCUT2D eigenvalue weighted by Crippen LogP contribution is 2.18. The number of rotatable bonds is 2. The van der Waals surface area contributed by atoms with Gasteiger partial charge in [-0.25, -0.2) is 0 Å². The van der Waals surface area contributed by atoms with Gasteiger partial charge in [-0.05, 0) is 23.9 Å². The van der Waals surface area contributed by atoms with Gasteiger partial charge in [-0.15, -0.1) is 11.3 Å². The number of hydrogen-bond donors (Lipinski definition) is 1. The zero-order valence-electron chi connectivity index (χ0n) is 9.18. The van der Waals surface area contributed by atoms with Gasteiger partial charge >= 0.3 is 0 Å². The van der Waals surface area contributed by atoms with E-state index in [4.69, 9.17) is 4.74 Å². The Labute approximate surface area is 98.4 Å². The first-order chi connectivity index (χ1) is 7.72. The van der Waals surface area contributed by atoms with E-state index in [0.717, 1.165) is 10.4 Å². The number of thiophene rings is 1. The summed E-state index contributed by atoms with van der Waals surface area (Å²) in [6, 6.07) is 1.68. The predicted octanol–water partition coefficient (Wildman–Crippen LogP) is 0.890. The quantitative estimate of drug-likeness (QED) is 0.836. The minimum absolute atomic E-state index is 0.000417. The number of aliphatic hydroxyl groups is 1. The van der Waals surface area contributed by atoms with Crippen molar-refractivity contribution < 1.29 is 14.6 Å². The summed E-state index contributed by atoms with van der Waals surface area (Å²) in [7, 11) is 0. The summed E-state index contributed by atoms with van der Waals surface area (Å²) >= 11 is 1.45. The molecule has 2 heterocycles. The van der Waals surface area contributed by atoms with Gasteiger partial charge < -0.3 is 14.7 Å². The molecule has 0 radical (unpaired) electrons. The van der Waals surface area contributed by atoms with Gasteiger partial charge in [0.15, 0.2) is 0 Å². The fourth-order valence-electron chi connectivity index (χ4n) is 1.76. The van der Waals surface area contributed by atoms with Gasteiger partial charge in [0.25, 0.3) is 5.91 Å². The molecule has 1 atom stereocenters. The predicted molar refractivity (Wildman–Crippen MR) is 61.8 cm³/mol. The van der Waals surface area contributed by atoms with Crippen molar-refractivity contribution in [1.29, 1.82) is 0 Å². The maximum atomic E-state index is 12.2. The largest absolute Gasteiger partial charge is 0.394 e. The van der Waals surface area contributed by atoms with Crippen LogP contribution < -0.4 is 0 Å². The van der Waals surface area contributed by atoms with Gasteiger partial charge in [0.05, 0.1) is 30.7 Å². The number of aliphatic hydroxyl groups excluding tert-OH is 1. The minimum atomic E-state index is -0.205. The van der Waals surface area contributed by atoms with E-state index in [0.29, 0.717) is 19.8 Å². The molecule has 1 N–H and O–H groups in total. The first-order valence-electron chi connectivity index (χ1n) is 5.27. The summed E-state index contributed by atoms with van der Waals surface area (Å²) in [5.74, 6) is 0.000417. The lowest BCUT2D eigenvalue weighted by atomic mass is 10.2. The second kappa shape index (κ2) is 4.95. The minimum Gasteiger partial charge on any atom is -0.394 e. The summed E-state index contributed by atoms with van der Waals surface area (Å²) in [5.41, 5.74) is 1.10.